The van der Waals surface area contributed by atoms with Crippen molar-refractivity contribution in [2.24, 2.45) is 4.99 Å². The van der Waals surface area contributed by atoms with Gasteiger partial charge in [0, 0.05) is 0 Å². The van der Waals surface area contributed by atoms with E-state index in [0.717, 1.165) is 26.0 Å². The summed E-state index contributed by atoms with van der Waals surface area (Å²) in [5.74, 6) is 1.05. The van der Waals surface area contributed by atoms with Gasteiger partial charge >= 0.3 is 0 Å². The summed E-state index contributed by atoms with van der Waals surface area (Å²) in [7, 11) is 0. The van der Waals surface area contributed by atoms with Gasteiger partial charge in [0.25, 0.3) is 0 Å². The molecule has 0 aliphatic rings. The van der Waals surface area contributed by atoms with Gasteiger partial charge in [-0.15, -0.1) is 11.3 Å². The number of isothiocyanates is 1. The summed E-state index contributed by atoms with van der Waals surface area (Å²) in [5.41, 5.74) is 1.87. The largest absolute Gasteiger partial charge is 0.230 e. The molecule has 0 saturated heterocycles. The fourth-order valence-corrected chi connectivity index (χ4v) is 3.30. The molecule has 2 rings (SSSR count). The van der Waals surface area contributed by atoms with E-state index in [-0.39, 0.29) is 0 Å². The van der Waals surface area contributed by atoms with E-state index in [1.165, 1.54) is 0 Å². The first-order valence-electron chi connectivity index (χ1n) is 4.44. The van der Waals surface area contributed by atoms with Crippen molar-refractivity contribution in [1.29, 1.82) is 0 Å². The van der Waals surface area contributed by atoms with Crippen LogP contribution in [0.25, 0.3) is 10.2 Å². The molecule has 0 amide bonds. The van der Waals surface area contributed by atoms with Crippen LogP contribution in [0.1, 0.15) is 6.92 Å². The Bertz CT molecular complexity index is 526. The van der Waals surface area contributed by atoms with Gasteiger partial charge in [0.2, 0.25) is 0 Å². The monoisotopic (exact) mass is 252 g/mol. The number of thiocarbonyl (C=S) groups is 1. The highest BCUT2D eigenvalue weighted by molar-refractivity contribution is 8.01. The Labute approximate surface area is 101 Å². The van der Waals surface area contributed by atoms with Crippen LogP contribution in [0.4, 0.5) is 5.69 Å². The second kappa shape index (κ2) is 4.86. The second-order valence-electron chi connectivity index (χ2n) is 2.77. The topological polar surface area (TPSA) is 25.2 Å². The van der Waals surface area contributed by atoms with Crippen LogP contribution in [0.15, 0.2) is 27.5 Å². The molecule has 2 aromatic rings. The smallest absolute Gasteiger partial charge is 0.151 e. The molecule has 0 aliphatic carbocycles. The van der Waals surface area contributed by atoms with Crippen molar-refractivity contribution >= 4 is 56.4 Å². The molecule has 1 aromatic carbocycles. The zero-order valence-electron chi connectivity index (χ0n) is 8.06. The summed E-state index contributed by atoms with van der Waals surface area (Å²) >= 11 is 8.02. The lowest BCUT2D eigenvalue weighted by molar-refractivity contribution is 1.30. The van der Waals surface area contributed by atoms with E-state index in [1.807, 2.05) is 18.2 Å². The van der Waals surface area contributed by atoms with Crippen molar-refractivity contribution in [3.8, 4) is 0 Å². The van der Waals surface area contributed by atoms with Crippen molar-refractivity contribution in [3.05, 3.63) is 18.2 Å². The van der Waals surface area contributed by atoms with Crippen LogP contribution in [0.3, 0.4) is 0 Å². The number of rotatable bonds is 3. The minimum absolute atomic E-state index is 0.842. The summed E-state index contributed by atoms with van der Waals surface area (Å²) < 4.78 is 2.26. The molecular weight excluding hydrogens is 244 g/mol. The normalized spacial score (nSPS) is 10.2. The van der Waals surface area contributed by atoms with Gasteiger partial charge in [-0.3, -0.25) is 0 Å². The predicted octanol–water partition coefficient (Wildman–Crippen LogP) is 4.14. The highest BCUT2D eigenvalue weighted by Gasteiger charge is 2.03. The van der Waals surface area contributed by atoms with Crippen LogP contribution in [-0.2, 0) is 0 Å². The summed E-state index contributed by atoms with van der Waals surface area (Å²) in [4.78, 5) is 8.45. The van der Waals surface area contributed by atoms with E-state index in [9.17, 15) is 0 Å². The molecule has 0 saturated carbocycles. The lowest BCUT2D eigenvalue weighted by Gasteiger charge is -1.88. The van der Waals surface area contributed by atoms with Gasteiger partial charge in [-0.1, -0.05) is 18.7 Å². The van der Waals surface area contributed by atoms with Gasteiger partial charge in [-0.25, -0.2) is 4.98 Å². The van der Waals surface area contributed by atoms with Gasteiger partial charge in [0.1, 0.15) is 0 Å². The van der Waals surface area contributed by atoms with Crippen molar-refractivity contribution in [1.82, 2.24) is 4.98 Å². The molecule has 2 nitrogen and oxygen atoms in total. The quantitative estimate of drug-likeness (QED) is 0.466. The number of aromatic nitrogens is 1. The Balaban J connectivity index is 2.47. The van der Waals surface area contributed by atoms with Crippen LogP contribution in [0.2, 0.25) is 0 Å². The Morgan fingerprint density at radius 3 is 3.20 bits per heavy atom. The lowest BCUT2D eigenvalue weighted by atomic mass is 10.3. The zero-order chi connectivity index (χ0) is 10.7. The third kappa shape index (κ3) is 2.44. The van der Waals surface area contributed by atoms with Gasteiger partial charge < -0.3 is 0 Å². The number of fused-ring (bicyclic) bond motifs is 1. The molecule has 15 heavy (non-hydrogen) atoms. The Morgan fingerprint density at radius 2 is 2.47 bits per heavy atom. The SMILES string of the molecule is CCSc1nc2ccc(N=C=S)cc2s1. The van der Waals surface area contributed by atoms with Gasteiger partial charge in [0.15, 0.2) is 4.34 Å². The first-order chi connectivity index (χ1) is 7.33. The number of hydrogen-bond donors (Lipinski definition) is 0. The van der Waals surface area contributed by atoms with E-state index >= 15 is 0 Å². The molecule has 0 spiro atoms. The van der Waals surface area contributed by atoms with E-state index in [0.29, 0.717) is 0 Å². The van der Waals surface area contributed by atoms with E-state index in [2.05, 4.69) is 34.3 Å². The molecule has 0 bridgehead atoms. The maximum atomic E-state index is 4.57. The number of aliphatic imine (C=N–C) groups is 1. The van der Waals surface area contributed by atoms with Crippen molar-refractivity contribution in [2.45, 2.75) is 11.3 Å². The van der Waals surface area contributed by atoms with Crippen molar-refractivity contribution in [3.63, 3.8) is 0 Å². The molecule has 5 heteroatoms. The van der Waals surface area contributed by atoms with Gasteiger partial charge in [-0.2, -0.15) is 4.99 Å². The molecular formula is C10H8N2S3. The Kier molecular flexibility index (Phi) is 3.49. The average molecular weight is 252 g/mol. The molecule has 0 aliphatic heterocycles. The van der Waals surface area contributed by atoms with Crippen LogP contribution < -0.4 is 0 Å². The first kappa shape index (κ1) is 10.8. The Morgan fingerprint density at radius 1 is 1.60 bits per heavy atom. The van der Waals surface area contributed by atoms with Crippen molar-refractivity contribution < 1.29 is 0 Å². The third-order valence-corrected chi connectivity index (χ3v) is 3.93. The average Bonchev–Trinajstić information content (AvgIpc) is 2.60. The van der Waals surface area contributed by atoms with Gasteiger partial charge in [0.05, 0.1) is 21.1 Å². The van der Waals surface area contributed by atoms with Gasteiger partial charge in [-0.05, 0) is 36.2 Å². The minimum Gasteiger partial charge on any atom is -0.230 e. The molecule has 0 atom stereocenters. The van der Waals surface area contributed by atoms with Crippen molar-refractivity contribution in [2.75, 3.05) is 5.75 Å². The fraction of sp³-hybridized carbons (Fsp3) is 0.200. The molecule has 76 valence electrons. The minimum atomic E-state index is 0.842. The molecule has 1 aromatic heterocycles. The van der Waals surface area contributed by atoms with Crippen LogP contribution in [0.5, 0.6) is 0 Å². The first-order valence-corrected chi connectivity index (χ1v) is 6.66. The predicted molar refractivity (Wildman–Crippen MR) is 70.7 cm³/mol. The zero-order valence-corrected chi connectivity index (χ0v) is 10.5. The number of nitrogens with zero attached hydrogens (tertiary/aromatic N) is 2. The summed E-state index contributed by atoms with van der Waals surface area (Å²) in [6, 6.07) is 5.87. The molecule has 0 unspecified atom stereocenters. The summed E-state index contributed by atoms with van der Waals surface area (Å²) in [6.45, 7) is 2.12. The number of hydrogen-bond acceptors (Lipinski definition) is 5. The number of thiazole rings is 1. The van der Waals surface area contributed by atoms with E-state index in [1.54, 1.807) is 23.1 Å². The highest BCUT2D eigenvalue weighted by Crippen LogP contribution is 2.31. The van der Waals surface area contributed by atoms with Crippen LogP contribution >= 0.6 is 35.3 Å². The summed E-state index contributed by atoms with van der Waals surface area (Å²) in [6.07, 6.45) is 0. The maximum absolute atomic E-state index is 4.57. The molecule has 1 heterocycles. The van der Waals surface area contributed by atoms with E-state index in [4.69, 9.17) is 0 Å². The number of thioether (sulfide) groups is 1. The van der Waals surface area contributed by atoms with Crippen LogP contribution in [0, 0.1) is 0 Å². The summed E-state index contributed by atoms with van der Waals surface area (Å²) in [5, 5.41) is 2.37. The number of benzene rings is 1. The Hall–Kier alpha value is -0.740. The molecule has 0 radical (unpaired) electrons. The maximum Gasteiger partial charge on any atom is 0.151 e. The molecule has 0 fully saturated rings. The highest BCUT2D eigenvalue weighted by atomic mass is 32.2. The van der Waals surface area contributed by atoms with E-state index < -0.39 is 0 Å². The standard InChI is InChI=1S/C10H8N2S3/c1-2-14-10-12-8-4-3-7(11-6-13)5-9(8)15-10/h3-5H,2H2,1H3. The van der Waals surface area contributed by atoms with Crippen LogP contribution in [-0.4, -0.2) is 15.9 Å². The second-order valence-corrected chi connectivity index (χ2v) is 5.49. The molecule has 0 N–H and O–H groups in total. The fourth-order valence-electron chi connectivity index (χ4n) is 1.20. The third-order valence-electron chi connectivity index (χ3n) is 1.79. The lowest BCUT2D eigenvalue weighted by Crippen LogP contribution is -1.69.